The normalized spacial score (nSPS) is 24.2. The maximum absolute atomic E-state index is 12.2. The van der Waals surface area contributed by atoms with Gasteiger partial charge in [0.1, 0.15) is 0 Å². The van der Waals surface area contributed by atoms with Crippen molar-refractivity contribution in [3.05, 3.63) is 0 Å². The van der Waals surface area contributed by atoms with E-state index in [1.807, 2.05) is 0 Å². The first-order chi connectivity index (χ1) is 10.1. The van der Waals surface area contributed by atoms with Crippen LogP contribution in [-0.2, 0) is 9.53 Å². The number of nitrogens with zero attached hydrogens (tertiary/aromatic N) is 1. The van der Waals surface area contributed by atoms with Gasteiger partial charge in [0.2, 0.25) is 0 Å². The topological polar surface area (TPSA) is 78.9 Å². The fraction of sp³-hybridized carbons (Fsp3) is 0.867. The van der Waals surface area contributed by atoms with Gasteiger partial charge in [-0.15, -0.1) is 0 Å². The lowest BCUT2D eigenvalue weighted by molar-refractivity contribution is -0.141. The van der Waals surface area contributed by atoms with E-state index in [1.54, 1.807) is 12.0 Å². The second kappa shape index (κ2) is 7.11. The van der Waals surface area contributed by atoms with Crippen molar-refractivity contribution in [1.82, 2.24) is 10.2 Å². The highest BCUT2D eigenvalue weighted by Crippen LogP contribution is 2.40. The van der Waals surface area contributed by atoms with Gasteiger partial charge in [-0.05, 0) is 31.1 Å². The summed E-state index contributed by atoms with van der Waals surface area (Å²) in [6.45, 7) is 2.25. The Balaban J connectivity index is 1.81. The van der Waals surface area contributed by atoms with E-state index in [9.17, 15) is 9.59 Å². The Morgan fingerprint density at radius 3 is 2.67 bits per heavy atom. The zero-order valence-corrected chi connectivity index (χ0v) is 12.8. The molecule has 1 aliphatic heterocycles. The first-order valence-corrected chi connectivity index (χ1v) is 7.81. The van der Waals surface area contributed by atoms with Gasteiger partial charge < -0.3 is 20.1 Å². The molecule has 2 amide bonds. The minimum atomic E-state index is -0.808. The van der Waals surface area contributed by atoms with E-state index in [1.165, 1.54) is 12.8 Å². The van der Waals surface area contributed by atoms with Gasteiger partial charge in [0.25, 0.3) is 0 Å². The average Bonchev–Trinajstić information content (AvgIpc) is 3.12. The number of carboxylic acids is 1. The lowest BCUT2D eigenvalue weighted by Crippen LogP contribution is -2.44. The highest BCUT2D eigenvalue weighted by atomic mass is 16.5. The van der Waals surface area contributed by atoms with Crippen LogP contribution in [0.25, 0.3) is 0 Å². The Bertz CT molecular complexity index is 380. The summed E-state index contributed by atoms with van der Waals surface area (Å²) in [6, 6.07) is -0.123. The third-order valence-corrected chi connectivity index (χ3v) is 4.94. The van der Waals surface area contributed by atoms with Gasteiger partial charge in [0.15, 0.2) is 0 Å². The minimum absolute atomic E-state index is 0.123. The van der Waals surface area contributed by atoms with E-state index in [4.69, 9.17) is 9.84 Å². The fourth-order valence-corrected chi connectivity index (χ4v) is 3.48. The van der Waals surface area contributed by atoms with Gasteiger partial charge >= 0.3 is 12.0 Å². The molecule has 2 fully saturated rings. The number of aliphatic carboxylic acids is 1. The van der Waals surface area contributed by atoms with Crippen LogP contribution in [-0.4, -0.2) is 55.4 Å². The molecule has 1 aliphatic carbocycles. The van der Waals surface area contributed by atoms with Crippen molar-refractivity contribution >= 4 is 12.0 Å². The summed E-state index contributed by atoms with van der Waals surface area (Å²) >= 11 is 0. The highest BCUT2D eigenvalue weighted by Gasteiger charge is 2.35. The van der Waals surface area contributed by atoms with Crippen LogP contribution in [0.1, 0.15) is 38.5 Å². The third kappa shape index (κ3) is 4.09. The van der Waals surface area contributed by atoms with Crippen molar-refractivity contribution in [3.63, 3.8) is 0 Å². The molecule has 120 valence electrons. The molecule has 1 saturated heterocycles. The molecule has 0 aromatic carbocycles. The second-order valence-electron chi connectivity index (χ2n) is 6.38. The summed E-state index contributed by atoms with van der Waals surface area (Å²) in [5, 5.41) is 12.0. The zero-order valence-electron chi connectivity index (χ0n) is 12.8. The largest absolute Gasteiger partial charge is 0.481 e. The maximum Gasteiger partial charge on any atom is 0.317 e. The number of carbonyl (C=O) groups is 2. The lowest BCUT2D eigenvalue weighted by Gasteiger charge is -2.30. The summed E-state index contributed by atoms with van der Waals surface area (Å²) in [5.74, 6) is -1.22. The number of likely N-dealkylation sites (tertiary alicyclic amines) is 1. The summed E-state index contributed by atoms with van der Waals surface area (Å²) in [4.78, 5) is 24.7. The van der Waals surface area contributed by atoms with Gasteiger partial charge in [-0.3, -0.25) is 4.79 Å². The molecule has 2 rings (SSSR count). The van der Waals surface area contributed by atoms with Crippen LogP contribution >= 0.6 is 0 Å². The standard InChI is InChI=1S/C15H26N2O4/c1-21-9-7-15(5-2-3-6-15)11-16-14(20)17-8-4-12(10-17)13(18)19/h12H,2-11H2,1H3,(H,16,20)(H,18,19). The molecule has 1 saturated carbocycles. The Kier molecular flexibility index (Phi) is 5.45. The summed E-state index contributed by atoms with van der Waals surface area (Å²) < 4.78 is 5.19. The monoisotopic (exact) mass is 298 g/mol. The van der Waals surface area contributed by atoms with E-state index in [-0.39, 0.29) is 11.4 Å². The summed E-state index contributed by atoms with van der Waals surface area (Å²) in [5.41, 5.74) is 0.164. The van der Waals surface area contributed by atoms with Crippen LogP contribution in [0, 0.1) is 11.3 Å². The van der Waals surface area contributed by atoms with Crippen LogP contribution < -0.4 is 5.32 Å². The molecule has 1 heterocycles. The predicted molar refractivity (Wildman–Crippen MR) is 78.1 cm³/mol. The van der Waals surface area contributed by atoms with Crippen molar-refractivity contribution < 1.29 is 19.4 Å². The van der Waals surface area contributed by atoms with Crippen molar-refractivity contribution in [2.75, 3.05) is 33.4 Å². The first kappa shape index (κ1) is 16.1. The number of hydrogen-bond donors (Lipinski definition) is 2. The molecule has 1 unspecified atom stereocenters. The molecule has 6 nitrogen and oxygen atoms in total. The first-order valence-electron chi connectivity index (χ1n) is 7.81. The molecular formula is C15H26N2O4. The van der Waals surface area contributed by atoms with Crippen molar-refractivity contribution in [2.24, 2.45) is 11.3 Å². The SMILES string of the molecule is COCCC1(CNC(=O)N2CCC(C(=O)O)C2)CCCC1. The number of amides is 2. The molecule has 0 radical (unpaired) electrons. The van der Waals surface area contributed by atoms with Crippen molar-refractivity contribution in [3.8, 4) is 0 Å². The predicted octanol–water partition coefficient (Wildman–Crippen LogP) is 1.70. The fourth-order valence-electron chi connectivity index (χ4n) is 3.48. The highest BCUT2D eigenvalue weighted by molar-refractivity contribution is 5.77. The smallest absolute Gasteiger partial charge is 0.317 e. The van der Waals surface area contributed by atoms with E-state index in [0.29, 0.717) is 26.1 Å². The number of carbonyl (C=O) groups excluding carboxylic acids is 1. The minimum Gasteiger partial charge on any atom is -0.481 e. The van der Waals surface area contributed by atoms with Gasteiger partial charge in [-0.2, -0.15) is 0 Å². The van der Waals surface area contributed by atoms with Gasteiger partial charge in [-0.25, -0.2) is 4.79 Å². The van der Waals surface area contributed by atoms with E-state index in [0.717, 1.165) is 25.9 Å². The molecule has 2 N–H and O–H groups in total. The number of nitrogens with one attached hydrogen (secondary N) is 1. The maximum atomic E-state index is 12.2. The Morgan fingerprint density at radius 1 is 1.38 bits per heavy atom. The number of carboxylic acid groups (broad SMARTS) is 1. The third-order valence-electron chi connectivity index (χ3n) is 4.94. The Hall–Kier alpha value is -1.30. The van der Waals surface area contributed by atoms with Crippen LogP contribution in [0.15, 0.2) is 0 Å². The lowest BCUT2D eigenvalue weighted by atomic mass is 9.83. The number of hydrogen-bond acceptors (Lipinski definition) is 3. The molecular weight excluding hydrogens is 272 g/mol. The molecule has 2 aliphatic rings. The van der Waals surface area contributed by atoms with Gasteiger partial charge in [-0.1, -0.05) is 12.8 Å². The molecule has 0 aromatic rings. The van der Waals surface area contributed by atoms with E-state index >= 15 is 0 Å². The number of urea groups is 1. The molecule has 1 atom stereocenters. The average molecular weight is 298 g/mol. The van der Waals surface area contributed by atoms with Gasteiger partial charge in [0, 0.05) is 33.4 Å². The number of methoxy groups -OCH3 is 1. The quantitative estimate of drug-likeness (QED) is 0.782. The molecule has 21 heavy (non-hydrogen) atoms. The Labute approximate surface area is 125 Å². The molecule has 6 heteroatoms. The van der Waals surface area contributed by atoms with Crippen molar-refractivity contribution in [1.29, 1.82) is 0 Å². The van der Waals surface area contributed by atoms with Crippen LogP contribution in [0.4, 0.5) is 4.79 Å². The molecule has 0 aromatic heterocycles. The summed E-state index contributed by atoms with van der Waals surface area (Å²) in [7, 11) is 1.71. The van der Waals surface area contributed by atoms with E-state index in [2.05, 4.69) is 5.32 Å². The summed E-state index contributed by atoms with van der Waals surface area (Å²) in [6.07, 6.45) is 6.22. The Morgan fingerprint density at radius 2 is 2.10 bits per heavy atom. The van der Waals surface area contributed by atoms with Gasteiger partial charge in [0.05, 0.1) is 5.92 Å². The van der Waals surface area contributed by atoms with Crippen LogP contribution in [0.3, 0.4) is 0 Å². The molecule has 0 bridgehead atoms. The molecule has 0 spiro atoms. The van der Waals surface area contributed by atoms with Crippen LogP contribution in [0.5, 0.6) is 0 Å². The van der Waals surface area contributed by atoms with Crippen LogP contribution in [0.2, 0.25) is 0 Å². The van der Waals surface area contributed by atoms with Crippen molar-refractivity contribution in [2.45, 2.75) is 38.5 Å². The zero-order chi connectivity index (χ0) is 15.3. The number of rotatable bonds is 6. The second-order valence-corrected chi connectivity index (χ2v) is 6.38. The van der Waals surface area contributed by atoms with E-state index < -0.39 is 11.9 Å². The number of ether oxygens (including phenoxy) is 1.